The monoisotopic (exact) mass is 204 g/mol. The lowest BCUT2D eigenvalue weighted by molar-refractivity contribution is 0.262. The molecular formula is C8H20O2Si2. The Kier molecular flexibility index (Phi) is 3.14. The van der Waals surface area contributed by atoms with Gasteiger partial charge in [0, 0.05) is 13.2 Å². The van der Waals surface area contributed by atoms with Gasteiger partial charge in [0.2, 0.25) is 0 Å². The molecule has 0 amide bonds. The van der Waals surface area contributed by atoms with Crippen molar-refractivity contribution in [2.24, 2.45) is 0 Å². The summed E-state index contributed by atoms with van der Waals surface area (Å²) in [5.74, 6) is 0. The lowest BCUT2D eigenvalue weighted by Gasteiger charge is -2.31. The lowest BCUT2D eigenvalue weighted by Crippen LogP contribution is -2.41. The largest absolute Gasteiger partial charge is 0.417 e. The highest BCUT2D eigenvalue weighted by atomic mass is 28.4. The highest BCUT2D eigenvalue weighted by Crippen LogP contribution is 2.20. The molecule has 1 aliphatic rings. The van der Waals surface area contributed by atoms with Crippen LogP contribution in [0.3, 0.4) is 0 Å². The van der Waals surface area contributed by atoms with Crippen molar-refractivity contribution in [2.75, 3.05) is 13.2 Å². The first kappa shape index (κ1) is 10.4. The number of hydrogen-bond acceptors (Lipinski definition) is 2. The van der Waals surface area contributed by atoms with E-state index in [0.717, 1.165) is 25.3 Å². The molecule has 0 radical (unpaired) electrons. The Morgan fingerprint density at radius 1 is 0.750 bits per heavy atom. The summed E-state index contributed by atoms with van der Waals surface area (Å²) in [6.07, 6.45) is 0. The molecule has 1 fully saturated rings. The second-order valence-electron chi connectivity index (χ2n) is 4.72. The van der Waals surface area contributed by atoms with Gasteiger partial charge in [-0.05, 0) is 38.3 Å². The normalized spacial score (nSPS) is 29.0. The molecule has 0 bridgehead atoms. The van der Waals surface area contributed by atoms with Gasteiger partial charge in [0.25, 0.3) is 0 Å². The first-order chi connectivity index (χ1) is 5.41. The maximum absolute atomic E-state index is 5.90. The molecule has 1 heterocycles. The first-order valence-corrected chi connectivity index (χ1v) is 10.9. The zero-order valence-electron chi connectivity index (χ0n) is 8.64. The molecule has 0 spiro atoms. The van der Waals surface area contributed by atoms with Crippen LogP contribution in [0, 0.1) is 0 Å². The van der Waals surface area contributed by atoms with Crippen molar-refractivity contribution in [1.29, 1.82) is 0 Å². The van der Waals surface area contributed by atoms with E-state index < -0.39 is 16.6 Å². The smallest absolute Gasteiger partial charge is 0.188 e. The van der Waals surface area contributed by atoms with Crippen LogP contribution in [0.2, 0.25) is 38.3 Å². The van der Waals surface area contributed by atoms with Crippen molar-refractivity contribution in [2.45, 2.75) is 38.3 Å². The van der Waals surface area contributed by atoms with Gasteiger partial charge >= 0.3 is 0 Å². The molecule has 72 valence electrons. The molecule has 2 nitrogen and oxygen atoms in total. The molecule has 0 unspecified atom stereocenters. The van der Waals surface area contributed by atoms with Gasteiger partial charge in [-0.3, -0.25) is 0 Å². The Morgan fingerprint density at radius 3 is 1.42 bits per heavy atom. The number of hydrogen-bond donors (Lipinski definition) is 0. The standard InChI is InChI=1S/C8H20O2Si2/c1-11(2)7-5-10-12(3,4)8-6-9-11/h5-8H2,1-4H3. The predicted molar refractivity (Wildman–Crippen MR) is 56.5 cm³/mol. The van der Waals surface area contributed by atoms with Crippen LogP contribution in [-0.2, 0) is 8.85 Å². The third-order valence-corrected chi connectivity index (χ3v) is 7.18. The molecule has 12 heavy (non-hydrogen) atoms. The van der Waals surface area contributed by atoms with Crippen LogP contribution in [0.1, 0.15) is 0 Å². The van der Waals surface area contributed by atoms with Crippen molar-refractivity contribution in [3.8, 4) is 0 Å². The fraction of sp³-hybridized carbons (Fsp3) is 1.00. The maximum Gasteiger partial charge on any atom is 0.188 e. The Morgan fingerprint density at radius 2 is 1.08 bits per heavy atom. The summed E-state index contributed by atoms with van der Waals surface area (Å²) in [6, 6.07) is 2.31. The highest BCUT2D eigenvalue weighted by molar-refractivity contribution is 6.73. The molecule has 1 saturated heterocycles. The van der Waals surface area contributed by atoms with E-state index in [2.05, 4.69) is 26.2 Å². The summed E-state index contributed by atoms with van der Waals surface area (Å²) in [6.45, 7) is 11.0. The second kappa shape index (κ2) is 3.61. The average molecular weight is 204 g/mol. The van der Waals surface area contributed by atoms with Crippen molar-refractivity contribution in [3.63, 3.8) is 0 Å². The van der Waals surface area contributed by atoms with Crippen LogP contribution in [-0.4, -0.2) is 29.8 Å². The maximum atomic E-state index is 5.90. The van der Waals surface area contributed by atoms with Crippen LogP contribution in [0.25, 0.3) is 0 Å². The molecule has 0 atom stereocenters. The van der Waals surface area contributed by atoms with E-state index in [9.17, 15) is 0 Å². The molecule has 1 aliphatic heterocycles. The molecule has 1 rings (SSSR count). The minimum atomic E-state index is -1.34. The van der Waals surface area contributed by atoms with Crippen molar-refractivity contribution >= 4 is 16.6 Å². The lowest BCUT2D eigenvalue weighted by atomic mass is 10.9. The van der Waals surface area contributed by atoms with E-state index in [1.807, 2.05) is 0 Å². The summed E-state index contributed by atoms with van der Waals surface area (Å²) in [5.41, 5.74) is 0. The molecule has 0 N–H and O–H groups in total. The Bertz CT molecular complexity index is 127. The van der Waals surface area contributed by atoms with Crippen LogP contribution < -0.4 is 0 Å². The van der Waals surface area contributed by atoms with Gasteiger partial charge in [0.15, 0.2) is 16.6 Å². The van der Waals surface area contributed by atoms with E-state index >= 15 is 0 Å². The van der Waals surface area contributed by atoms with Crippen molar-refractivity contribution < 1.29 is 8.85 Å². The van der Waals surface area contributed by atoms with Gasteiger partial charge in [-0.1, -0.05) is 0 Å². The number of rotatable bonds is 0. The minimum Gasteiger partial charge on any atom is -0.417 e. The van der Waals surface area contributed by atoms with Gasteiger partial charge in [-0.15, -0.1) is 0 Å². The zero-order chi connectivity index (χ0) is 9.24. The Balaban J connectivity index is 2.45. The van der Waals surface area contributed by atoms with E-state index in [-0.39, 0.29) is 0 Å². The third kappa shape index (κ3) is 3.39. The van der Waals surface area contributed by atoms with E-state index in [4.69, 9.17) is 8.85 Å². The fourth-order valence-corrected chi connectivity index (χ4v) is 4.48. The van der Waals surface area contributed by atoms with Crippen LogP contribution in [0.4, 0.5) is 0 Å². The summed E-state index contributed by atoms with van der Waals surface area (Å²) in [4.78, 5) is 0. The van der Waals surface area contributed by atoms with Gasteiger partial charge in [-0.2, -0.15) is 0 Å². The second-order valence-corrected chi connectivity index (χ2v) is 13.3. The van der Waals surface area contributed by atoms with Gasteiger partial charge in [0.1, 0.15) is 0 Å². The summed E-state index contributed by atoms with van der Waals surface area (Å²) >= 11 is 0. The average Bonchev–Trinajstić information content (AvgIpc) is 1.82. The molecule has 0 aliphatic carbocycles. The van der Waals surface area contributed by atoms with Crippen molar-refractivity contribution in [3.05, 3.63) is 0 Å². The SMILES string of the molecule is C[Si]1(C)CCO[Si](C)(C)CCO1. The summed E-state index contributed by atoms with van der Waals surface area (Å²) in [5, 5.41) is 0. The van der Waals surface area contributed by atoms with Crippen molar-refractivity contribution in [1.82, 2.24) is 0 Å². The molecule has 0 aromatic heterocycles. The minimum absolute atomic E-state index is 0.929. The molecule has 0 aromatic carbocycles. The summed E-state index contributed by atoms with van der Waals surface area (Å²) < 4.78 is 11.8. The fourth-order valence-electron chi connectivity index (χ4n) is 1.29. The summed E-state index contributed by atoms with van der Waals surface area (Å²) in [7, 11) is -2.68. The molecule has 4 heteroatoms. The van der Waals surface area contributed by atoms with Crippen LogP contribution >= 0.6 is 0 Å². The highest BCUT2D eigenvalue weighted by Gasteiger charge is 2.30. The topological polar surface area (TPSA) is 18.5 Å². The van der Waals surface area contributed by atoms with Crippen LogP contribution in [0.15, 0.2) is 0 Å². The molecule has 0 aromatic rings. The van der Waals surface area contributed by atoms with Crippen LogP contribution in [0.5, 0.6) is 0 Å². The van der Waals surface area contributed by atoms with Gasteiger partial charge < -0.3 is 8.85 Å². The third-order valence-electron chi connectivity index (χ3n) is 2.39. The Labute approximate surface area is 77.5 Å². The predicted octanol–water partition coefficient (Wildman–Crippen LogP) is 2.44. The quantitative estimate of drug-likeness (QED) is 0.564. The van der Waals surface area contributed by atoms with E-state index in [1.165, 1.54) is 0 Å². The Hall–Kier alpha value is 0.354. The van der Waals surface area contributed by atoms with Gasteiger partial charge in [-0.25, -0.2) is 0 Å². The van der Waals surface area contributed by atoms with Gasteiger partial charge in [0.05, 0.1) is 0 Å². The zero-order valence-corrected chi connectivity index (χ0v) is 10.6. The first-order valence-electron chi connectivity index (χ1n) is 4.69. The molecular weight excluding hydrogens is 184 g/mol. The molecule has 0 saturated carbocycles. The van der Waals surface area contributed by atoms with E-state index in [0.29, 0.717) is 0 Å². The van der Waals surface area contributed by atoms with E-state index in [1.54, 1.807) is 0 Å².